The molecule has 2 aromatic heterocycles. The normalized spacial score (nSPS) is 19.1. The number of halogens is 4. The molecule has 1 aliphatic carbocycles. The van der Waals surface area contributed by atoms with Gasteiger partial charge in [-0.05, 0) is 90.7 Å². The van der Waals surface area contributed by atoms with Crippen LogP contribution in [0.1, 0.15) is 42.5 Å². The summed E-state index contributed by atoms with van der Waals surface area (Å²) in [4.78, 5) is 0. The Bertz CT molecular complexity index is 1520. The van der Waals surface area contributed by atoms with Gasteiger partial charge in [-0.15, -0.1) is 10.2 Å². The third-order valence-electron chi connectivity index (χ3n) is 7.22. The SMILES string of the molecule is COCOc1cc(C(F)(F)F)cc(C)c1-c1cc2c(I)cn(C3CC(C)(OCc4ccc(OC)cc4)C3)c2nn1. The minimum Gasteiger partial charge on any atom is -0.497 e. The summed E-state index contributed by atoms with van der Waals surface area (Å²) in [6, 6.07) is 12.0. The molecule has 0 saturated heterocycles. The largest absolute Gasteiger partial charge is 0.497 e. The molecule has 1 aliphatic rings. The van der Waals surface area contributed by atoms with Crippen LogP contribution in [-0.2, 0) is 22.3 Å². The molecule has 212 valence electrons. The molecule has 5 rings (SSSR count). The number of benzene rings is 2. The van der Waals surface area contributed by atoms with Crippen LogP contribution < -0.4 is 9.47 Å². The van der Waals surface area contributed by atoms with E-state index in [0.29, 0.717) is 23.4 Å². The van der Waals surface area contributed by atoms with Crippen molar-refractivity contribution in [2.24, 2.45) is 0 Å². The Morgan fingerprint density at radius 3 is 2.45 bits per heavy atom. The van der Waals surface area contributed by atoms with Crippen molar-refractivity contribution in [3.05, 3.63) is 68.9 Å². The Morgan fingerprint density at radius 2 is 1.80 bits per heavy atom. The second kappa shape index (κ2) is 11.2. The fourth-order valence-corrected chi connectivity index (χ4v) is 5.82. The van der Waals surface area contributed by atoms with E-state index in [2.05, 4.69) is 44.3 Å². The predicted molar refractivity (Wildman–Crippen MR) is 152 cm³/mol. The van der Waals surface area contributed by atoms with Gasteiger partial charge >= 0.3 is 6.18 Å². The van der Waals surface area contributed by atoms with Gasteiger partial charge in [0.2, 0.25) is 0 Å². The number of nitrogens with zero attached hydrogens (tertiary/aromatic N) is 3. The highest BCUT2D eigenvalue weighted by Crippen LogP contribution is 2.46. The number of ether oxygens (including phenoxy) is 4. The molecule has 11 heteroatoms. The fraction of sp³-hybridized carbons (Fsp3) is 0.379. The van der Waals surface area contributed by atoms with Gasteiger partial charge in [-0.3, -0.25) is 0 Å². The lowest BCUT2D eigenvalue weighted by Gasteiger charge is -2.45. The highest BCUT2D eigenvalue weighted by atomic mass is 127. The lowest BCUT2D eigenvalue weighted by molar-refractivity contribution is -0.137. The molecule has 0 spiro atoms. The number of fused-ring (bicyclic) bond motifs is 1. The van der Waals surface area contributed by atoms with Crippen LogP contribution in [0.15, 0.2) is 48.7 Å². The number of alkyl halides is 3. The molecule has 40 heavy (non-hydrogen) atoms. The van der Waals surface area contributed by atoms with Crippen molar-refractivity contribution in [1.29, 1.82) is 0 Å². The minimum absolute atomic E-state index is 0.0426. The van der Waals surface area contributed by atoms with Crippen molar-refractivity contribution in [2.45, 2.75) is 51.1 Å². The number of rotatable bonds is 9. The maximum Gasteiger partial charge on any atom is 0.416 e. The van der Waals surface area contributed by atoms with E-state index in [1.54, 1.807) is 14.0 Å². The summed E-state index contributed by atoms with van der Waals surface area (Å²) in [5.41, 5.74) is 2.01. The molecule has 7 nitrogen and oxygen atoms in total. The number of methoxy groups -OCH3 is 2. The monoisotopic (exact) mass is 667 g/mol. The van der Waals surface area contributed by atoms with E-state index < -0.39 is 11.7 Å². The van der Waals surface area contributed by atoms with E-state index >= 15 is 0 Å². The van der Waals surface area contributed by atoms with Crippen molar-refractivity contribution in [1.82, 2.24) is 14.8 Å². The van der Waals surface area contributed by atoms with Crippen LogP contribution >= 0.6 is 22.6 Å². The van der Waals surface area contributed by atoms with Crippen LogP contribution in [-0.4, -0.2) is 41.4 Å². The predicted octanol–water partition coefficient (Wildman–Crippen LogP) is 7.33. The Balaban J connectivity index is 1.37. The number of hydrogen-bond donors (Lipinski definition) is 0. The lowest BCUT2D eigenvalue weighted by Crippen LogP contribution is -2.44. The van der Waals surface area contributed by atoms with Gasteiger partial charge in [-0.1, -0.05) is 12.1 Å². The first-order valence-corrected chi connectivity index (χ1v) is 13.7. The van der Waals surface area contributed by atoms with Gasteiger partial charge in [-0.25, -0.2) is 0 Å². The highest BCUT2D eigenvalue weighted by molar-refractivity contribution is 14.1. The maximum absolute atomic E-state index is 13.5. The summed E-state index contributed by atoms with van der Waals surface area (Å²) >= 11 is 2.25. The average molecular weight is 667 g/mol. The van der Waals surface area contributed by atoms with Crippen molar-refractivity contribution in [3.8, 4) is 22.8 Å². The first kappa shape index (κ1) is 28.6. The van der Waals surface area contributed by atoms with Gasteiger partial charge in [0.05, 0.1) is 30.6 Å². The van der Waals surface area contributed by atoms with Crippen LogP contribution in [0.2, 0.25) is 0 Å². The summed E-state index contributed by atoms with van der Waals surface area (Å²) in [5, 5.41) is 9.81. The first-order valence-electron chi connectivity index (χ1n) is 12.7. The average Bonchev–Trinajstić information content (AvgIpc) is 3.23. The molecule has 2 heterocycles. The molecular weight excluding hydrogens is 638 g/mol. The Hall–Kier alpha value is -2.90. The Kier molecular flexibility index (Phi) is 7.99. The Morgan fingerprint density at radius 1 is 1.07 bits per heavy atom. The quantitative estimate of drug-likeness (QED) is 0.138. The molecule has 1 fully saturated rings. The maximum atomic E-state index is 13.5. The zero-order valence-corrected chi connectivity index (χ0v) is 24.7. The van der Waals surface area contributed by atoms with Gasteiger partial charge < -0.3 is 23.5 Å². The van der Waals surface area contributed by atoms with Gasteiger partial charge in [0.1, 0.15) is 11.5 Å². The standard InChI is InChI=1S/C29H29F3IN3O4/c1-17-9-19(29(30,31)32)10-25(39-16-37-3)26(17)24-11-22-23(33)14-36(27(22)35-34-24)20-12-28(2,13-20)40-15-18-5-7-21(38-4)8-6-18/h5-11,14,20H,12-13,15-16H2,1-4H3. The molecule has 4 aromatic rings. The minimum atomic E-state index is -4.51. The zero-order valence-electron chi connectivity index (χ0n) is 22.5. The number of aromatic nitrogens is 3. The van der Waals surface area contributed by atoms with Crippen LogP contribution in [0.4, 0.5) is 13.2 Å². The van der Waals surface area contributed by atoms with Gasteiger partial charge in [0, 0.05) is 33.9 Å². The molecule has 2 aromatic carbocycles. The summed E-state index contributed by atoms with van der Waals surface area (Å²) in [6.07, 6.45) is -0.829. The van der Waals surface area contributed by atoms with E-state index in [9.17, 15) is 13.2 Å². The summed E-state index contributed by atoms with van der Waals surface area (Å²) in [6.45, 7) is 4.04. The Labute approximate surface area is 243 Å². The zero-order chi connectivity index (χ0) is 28.7. The molecule has 0 aliphatic heterocycles. The van der Waals surface area contributed by atoms with Crippen LogP contribution in [0.25, 0.3) is 22.3 Å². The van der Waals surface area contributed by atoms with E-state index in [1.165, 1.54) is 7.11 Å². The second-order valence-electron chi connectivity index (χ2n) is 10.2. The molecule has 1 saturated carbocycles. The number of aryl methyl sites for hydroxylation is 1. The van der Waals surface area contributed by atoms with Gasteiger partial charge in [0.15, 0.2) is 12.4 Å². The van der Waals surface area contributed by atoms with Crippen LogP contribution in [0, 0.1) is 10.5 Å². The van der Waals surface area contributed by atoms with E-state index in [1.807, 2.05) is 36.5 Å². The molecule has 0 radical (unpaired) electrons. The molecule has 0 atom stereocenters. The second-order valence-corrected chi connectivity index (χ2v) is 11.4. The van der Waals surface area contributed by atoms with Crippen LogP contribution in [0.3, 0.4) is 0 Å². The van der Waals surface area contributed by atoms with Crippen molar-refractivity contribution in [2.75, 3.05) is 21.0 Å². The molecule has 0 unspecified atom stereocenters. The fourth-order valence-electron chi connectivity index (χ4n) is 5.12. The highest BCUT2D eigenvalue weighted by Gasteiger charge is 2.43. The summed E-state index contributed by atoms with van der Waals surface area (Å²) in [5.74, 6) is 0.852. The van der Waals surface area contributed by atoms with Crippen molar-refractivity contribution >= 4 is 33.6 Å². The molecule has 0 N–H and O–H groups in total. The van der Waals surface area contributed by atoms with Crippen LogP contribution in [0.5, 0.6) is 11.5 Å². The molecule has 0 amide bonds. The number of hydrogen-bond acceptors (Lipinski definition) is 6. The van der Waals surface area contributed by atoms with Crippen molar-refractivity contribution < 1.29 is 32.1 Å². The van der Waals surface area contributed by atoms with Gasteiger partial charge in [0.25, 0.3) is 0 Å². The topological polar surface area (TPSA) is 67.6 Å². The van der Waals surface area contributed by atoms with Gasteiger partial charge in [-0.2, -0.15) is 13.2 Å². The molecular formula is C29H29F3IN3O4. The summed E-state index contributed by atoms with van der Waals surface area (Å²) in [7, 11) is 3.05. The molecule has 0 bridgehead atoms. The van der Waals surface area contributed by atoms with Crippen molar-refractivity contribution in [3.63, 3.8) is 0 Å². The van der Waals surface area contributed by atoms with E-state index in [0.717, 1.165) is 50.9 Å². The third-order valence-corrected chi connectivity index (χ3v) is 8.08. The first-order chi connectivity index (χ1) is 19.0. The van der Waals surface area contributed by atoms with E-state index in [4.69, 9.17) is 18.9 Å². The lowest BCUT2D eigenvalue weighted by atomic mass is 9.76. The third kappa shape index (κ3) is 5.77. The summed E-state index contributed by atoms with van der Waals surface area (Å²) < 4.78 is 65.5. The smallest absolute Gasteiger partial charge is 0.416 e. The van der Waals surface area contributed by atoms with E-state index in [-0.39, 0.29) is 24.2 Å².